The fourth-order valence-corrected chi connectivity index (χ4v) is 2.94. The summed E-state index contributed by atoms with van der Waals surface area (Å²) >= 11 is 0. The summed E-state index contributed by atoms with van der Waals surface area (Å²) in [5.41, 5.74) is 1.36. The molecule has 3 rings (SSSR count). The second kappa shape index (κ2) is 8.36. The number of hydrogen-bond donors (Lipinski definition) is 1. The van der Waals surface area contributed by atoms with Crippen molar-refractivity contribution in [1.82, 2.24) is 5.32 Å². The number of carbonyl (C=O) groups is 2. The van der Waals surface area contributed by atoms with Crippen molar-refractivity contribution in [2.45, 2.75) is 12.5 Å². The lowest BCUT2D eigenvalue weighted by Gasteiger charge is -2.17. The van der Waals surface area contributed by atoms with Gasteiger partial charge in [0.1, 0.15) is 11.8 Å². The Labute approximate surface area is 157 Å². The summed E-state index contributed by atoms with van der Waals surface area (Å²) < 4.78 is 10.1. The van der Waals surface area contributed by atoms with Crippen molar-refractivity contribution in [2.24, 2.45) is 0 Å². The molecule has 0 saturated carbocycles. The van der Waals surface area contributed by atoms with Crippen molar-refractivity contribution in [3.63, 3.8) is 0 Å². The molecule has 0 fully saturated rings. The molecule has 5 nitrogen and oxygen atoms in total. The number of methoxy groups -OCH3 is 2. The number of carbonyl (C=O) groups excluding carboxylic acids is 2. The van der Waals surface area contributed by atoms with Crippen LogP contribution in [0.2, 0.25) is 0 Å². The lowest BCUT2D eigenvalue weighted by molar-refractivity contribution is -0.142. The van der Waals surface area contributed by atoms with Crippen molar-refractivity contribution < 1.29 is 19.1 Å². The van der Waals surface area contributed by atoms with Gasteiger partial charge in [-0.15, -0.1) is 0 Å². The van der Waals surface area contributed by atoms with E-state index in [4.69, 9.17) is 9.47 Å². The Morgan fingerprint density at radius 3 is 2.44 bits per heavy atom. The van der Waals surface area contributed by atoms with E-state index < -0.39 is 12.0 Å². The van der Waals surface area contributed by atoms with Gasteiger partial charge in [0.25, 0.3) is 5.91 Å². The monoisotopic (exact) mass is 363 g/mol. The van der Waals surface area contributed by atoms with E-state index >= 15 is 0 Å². The highest BCUT2D eigenvalue weighted by molar-refractivity contribution is 6.00. The Hall–Kier alpha value is -3.34. The summed E-state index contributed by atoms with van der Waals surface area (Å²) in [5, 5.41) is 4.80. The average Bonchev–Trinajstić information content (AvgIpc) is 2.72. The third kappa shape index (κ3) is 4.44. The van der Waals surface area contributed by atoms with Gasteiger partial charge >= 0.3 is 5.97 Å². The maximum absolute atomic E-state index is 12.7. The number of nitrogens with one attached hydrogen (secondary N) is 1. The van der Waals surface area contributed by atoms with E-state index in [-0.39, 0.29) is 5.91 Å². The van der Waals surface area contributed by atoms with Gasteiger partial charge in [-0.05, 0) is 40.6 Å². The molecule has 0 aromatic heterocycles. The molecule has 0 heterocycles. The summed E-state index contributed by atoms with van der Waals surface area (Å²) in [7, 11) is 2.89. The molecule has 0 bridgehead atoms. The Kier molecular flexibility index (Phi) is 5.71. The molecule has 3 aromatic rings. The zero-order valence-electron chi connectivity index (χ0n) is 15.3. The predicted octanol–water partition coefficient (Wildman–Crippen LogP) is 3.36. The standard InChI is InChI=1S/C22H21NO4/c1-26-19-9-5-6-15(12-19)13-20(22(25)27-2)23-21(24)18-11-10-16-7-3-4-8-17(16)14-18/h3-12,14,20H,13H2,1-2H3,(H,23,24)/t20-/m0/s1. The van der Waals surface area contributed by atoms with Crippen LogP contribution in [0.15, 0.2) is 66.7 Å². The molecule has 1 N–H and O–H groups in total. The molecule has 1 amide bonds. The van der Waals surface area contributed by atoms with Crippen LogP contribution in [-0.4, -0.2) is 32.1 Å². The maximum atomic E-state index is 12.7. The van der Waals surface area contributed by atoms with Gasteiger partial charge < -0.3 is 14.8 Å². The van der Waals surface area contributed by atoms with E-state index in [1.54, 1.807) is 13.2 Å². The molecule has 0 spiro atoms. The molecule has 0 aliphatic heterocycles. The van der Waals surface area contributed by atoms with Gasteiger partial charge in [0.05, 0.1) is 14.2 Å². The number of ether oxygens (including phenoxy) is 2. The average molecular weight is 363 g/mol. The van der Waals surface area contributed by atoms with Crippen LogP contribution in [-0.2, 0) is 16.0 Å². The van der Waals surface area contributed by atoms with E-state index in [1.807, 2.05) is 60.7 Å². The van der Waals surface area contributed by atoms with E-state index in [1.165, 1.54) is 7.11 Å². The van der Waals surface area contributed by atoms with Gasteiger partial charge in [-0.1, -0.05) is 42.5 Å². The van der Waals surface area contributed by atoms with Crippen molar-refractivity contribution >= 4 is 22.6 Å². The molecule has 0 aliphatic carbocycles. The summed E-state index contributed by atoms with van der Waals surface area (Å²) in [4.78, 5) is 24.9. The van der Waals surface area contributed by atoms with Gasteiger partial charge in [-0.25, -0.2) is 4.79 Å². The highest BCUT2D eigenvalue weighted by atomic mass is 16.5. The Morgan fingerprint density at radius 2 is 1.70 bits per heavy atom. The van der Waals surface area contributed by atoms with Crippen molar-refractivity contribution in [1.29, 1.82) is 0 Å². The molecule has 0 unspecified atom stereocenters. The first-order valence-electron chi connectivity index (χ1n) is 8.61. The van der Waals surface area contributed by atoms with E-state index in [2.05, 4.69) is 5.32 Å². The fraction of sp³-hybridized carbons (Fsp3) is 0.182. The minimum absolute atomic E-state index is 0.309. The molecule has 138 valence electrons. The quantitative estimate of drug-likeness (QED) is 0.682. The van der Waals surface area contributed by atoms with Gasteiger partial charge in [0.2, 0.25) is 0 Å². The van der Waals surface area contributed by atoms with Crippen molar-refractivity contribution in [3.05, 3.63) is 77.9 Å². The van der Waals surface area contributed by atoms with Crippen LogP contribution in [0.25, 0.3) is 10.8 Å². The molecule has 0 saturated heterocycles. The van der Waals surface area contributed by atoms with Gasteiger partial charge in [-0.2, -0.15) is 0 Å². The first-order valence-corrected chi connectivity index (χ1v) is 8.61. The van der Waals surface area contributed by atoms with Crippen LogP contribution < -0.4 is 10.1 Å². The highest BCUT2D eigenvalue weighted by Gasteiger charge is 2.23. The molecule has 5 heteroatoms. The SMILES string of the molecule is COC(=O)[C@H](Cc1cccc(OC)c1)NC(=O)c1ccc2ccccc2c1. The predicted molar refractivity (Wildman–Crippen MR) is 104 cm³/mol. The second-order valence-corrected chi connectivity index (χ2v) is 6.17. The number of hydrogen-bond acceptors (Lipinski definition) is 4. The molecule has 1 atom stereocenters. The van der Waals surface area contributed by atoms with Crippen LogP contribution in [0.3, 0.4) is 0 Å². The van der Waals surface area contributed by atoms with Crippen LogP contribution in [0.5, 0.6) is 5.75 Å². The number of esters is 1. The highest BCUT2D eigenvalue weighted by Crippen LogP contribution is 2.17. The van der Waals surface area contributed by atoms with Crippen molar-refractivity contribution in [2.75, 3.05) is 14.2 Å². The Balaban J connectivity index is 1.80. The summed E-state index contributed by atoms with van der Waals surface area (Å²) in [6, 6.07) is 19.8. The Bertz CT molecular complexity index is 967. The van der Waals surface area contributed by atoms with E-state index in [0.29, 0.717) is 17.7 Å². The second-order valence-electron chi connectivity index (χ2n) is 6.17. The number of rotatable bonds is 6. The molecular formula is C22H21NO4. The smallest absolute Gasteiger partial charge is 0.328 e. The van der Waals surface area contributed by atoms with Gasteiger partial charge in [0.15, 0.2) is 0 Å². The third-order valence-corrected chi connectivity index (χ3v) is 4.38. The van der Waals surface area contributed by atoms with Crippen LogP contribution in [0, 0.1) is 0 Å². The van der Waals surface area contributed by atoms with Crippen molar-refractivity contribution in [3.8, 4) is 5.75 Å². The number of fused-ring (bicyclic) bond motifs is 1. The third-order valence-electron chi connectivity index (χ3n) is 4.38. The topological polar surface area (TPSA) is 64.6 Å². The van der Waals surface area contributed by atoms with Crippen LogP contribution >= 0.6 is 0 Å². The molecule has 27 heavy (non-hydrogen) atoms. The lowest BCUT2D eigenvalue weighted by Crippen LogP contribution is -2.43. The van der Waals surface area contributed by atoms with Gasteiger partial charge in [0, 0.05) is 12.0 Å². The first-order chi connectivity index (χ1) is 13.1. The molecule has 0 radical (unpaired) electrons. The number of amides is 1. The normalized spacial score (nSPS) is 11.6. The van der Waals surface area contributed by atoms with Crippen LogP contribution in [0.1, 0.15) is 15.9 Å². The largest absolute Gasteiger partial charge is 0.497 e. The minimum Gasteiger partial charge on any atom is -0.497 e. The molecular weight excluding hydrogens is 342 g/mol. The van der Waals surface area contributed by atoms with E-state index in [0.717, 1.165) is 16.3 Å². The summed E-state index contributed by atoms with van der Waals surface area (Å²) in [6.45, 7) is 0. The fourth-order valence-electron chi connectivity index (χ4n) is 2.94. The van der Waals surface area contributed by atoms with Gasteiger partial charge in [-0.3, -0.25) is 4.79 Å². The first kappa shape index (κ1) is 18.5. The van der Waals surface area contributed by atoms with Crippen LogP contribution in [0.4, 0.5) is 0 Å². The molecule has 0 aliphatic rings. The minimum atomic E-state index is -0.791. The lowest BCUT2D eigenvalue weighted by atomic mass is 10.0. The zero-order valence-corrected chi connectivity index (χ0v) is 15.3. The zero-order chi connectivity index (χ0) is 19.2. The summed E-state index contributed by atoms with van der Waals surface area (Å²) in [6.07, 6.45) is 0.309. The molecule has 3 aromatic carbocycles. The maximum Gasteiger partial charge on any atom is 0.328 e. The number of benzene rings is 3. The van der Waals surface area contributed by atoms with E-state index in [9.17, 15) is 9.59 Å². The Morgan fingerprint density at radius 1 is 0.926 bits per heavy atom. The summed E-state index contributed by atoms with van der Waals surface area (Å²) in [5.74, 6) is -0.122.